The summed E-state index contributed by atoms with van der Waals surface area (Å²) in [6.07, 6.45) is 0. The largest absolute Gasteiger partial charge is 0.650 e. The predicted molar refractivity (Wildman–Crippen MR) is 161 cm³/mol. The Kier molecular flexibility index (Phi) is 9.67. The van der Waals surface area contributed by atoms with Crippen LogP contribution < -0.4 is 0 Å². The zero-order valence-corrected chi connectivity index (χ0v) is 23.6. The Balaban J connectivity index is 1.70. The molecule has 0 fully saturated rings. The summed E-state index contributed by atoms with van der Waals surface area (Å²) in [6.45, 7) is 3.71. The lowest BCUT2D eigenvalue weighted by Crippen LogP contribution is -2.54. The minimum atomic E-state index is -2.13. The highest BCUT2D eigenvalue weighted by Crippen LogP contribution is 2.49. The maximum atomic E-state index is 13.1. The van der Waals surface area contributed by atoms with E-state index in [4.69, 9.17) is 8.75 Å². The van der Waals surface area contributed by atoms with E-state index in [9.17, 15) is 19.8 Å². The van der Waals surface area contributed by atoms with Crippen LogP contribution in [0, 0.1) is 22.7 Å². The molecule has 0 aliphatic carbocycles. The van der Waals surface area contributed by atoms with Gasteiger partial charge < -0.3 is 9.68 Å². The number of rotatable bonds is 11. The Bertz CT molecular complexity index is 1470. The minimum absolute atomic E-state index is 0.180. The number of nitriles is 2. The van der Waals surface area contributed by atoms with Crippen molar-refractivity contribution in [1.29, 1.82) is 10.5 Å². The van der Waals surface area contributed by atoms with Gasteiger partial charge in [-0.25, -0.2) is 4.21 Å². The second-order valence-electron chi connectivity index (χ2n) is 9.77. The molecule has 41 heavy (non-hydrogen) atoms. The van der Waals surface area contributed by atoms with Gasteiger partial charge in [0.2, 0.25) is 0 Å². The van der Waals surface area contributed by atoms with Gasteiger partial charge in [-0.3, -0.25) is 4.10 Å². The average molecular weight is 560 g/mol. The lowest BCUT2D eigenvalue weighted by atomic mass is 9.60. The molecule has 1 unspecified atom stereocenters. The normalized spacial score (nSPS) is 12.0. The van der Waals surface area contributed by atoms with Crippen molar-refractivity contribution in [2.75, 3.05) is 5.75 Å². The third kappa shape index (κ3) is 6.38. The lowest BCUT2D eigenvalue weighted by Gasteiger charge is -2.48. The van der Waals surface area contributed by atoms with Crippen LogP contribution in [0.4, 0.5) is 0 Å². The van der Waals surface area contributed by atoms with E-state index in [2.05, 4.69) is 0 Å². The number of allylic oxidation sites excluding steroid dienone is 1. The molecule has 8 heteroatoms. The number of hydrogen-bond acceptors (Lipinski definition) is 6. The average Bonchev–Trinajstić information content (AvgIpc) is 2.99. The first-order valence-corrected chi connectivity index (χ1v) is 14.2. The third-order valence-electron chi connectivity index (χ3n) is 7.02. The molecule has 4 rings (SSSR count). The van der Waals surface area contributed by atoms with Crippen molar-refractivity contribution in [3.05, 3.63) is 149 Å². The molecule has 4 aromatic carbocycles. The fourth-order valence-electron chi connectivity index (χ4n) is 5.31. The SMILES string of the molecule is CC(C)(OB(O)OS(=O)CC(=C(C#N)C#N)c1ccccc1)C(c1ccccc1)(c1ccccc1)c1ccccc1. The van der Waals surface area contributed by atoms with Crippen molar-refractivity contribution in [2.45, 2.75) is 24.9 Å². The molecule has 0 saturated carbocycles. The van der Waals surface area contributed by atoms with E-state index in [-0.39, 0.29) is 16.9 Å². The van der Waals surface area contributed by atoms with Crippen LogP contribution in [0.3, 0.4) is 0 Å². The molecule has 0 amide bonds. The predicted octanol–water partition coefficient (Wildman–Crippen LogP) is 5.97. The first-order valence-electron chi connectivity index (χ1n) is 13.0. The molecule has 6 nitrogen and oxygen atoms in total. The first kappa shape index (κ1) is 29.7. The summed E-state index contributed by atoms with van der Waals surface area (Å²) >= 11 is -2.13. The standard InChI is InChI=1S/C33H29BN2O4S/c1-32(2,39-34(37)40-41(38)25-31(27(23-35)24-36)26-15-7-3-8-16-26)33(28-17-9-4-10-18-28,29-19-11-5-12-20-29)30-21-13-6-14-22-30/h3-22,37H,25H2,1-2H3. The van der Waals surface area contributed by atoms with E-state index in [1.54, 1.807) is 30.3 Å². The molecule has 0 saturated heterocycles. The molecular formula is C33H29BN2O4S. The third-order valence-corrected chi connectivity index (χ3v) is 7.92. The molecule has 0 aromatic heterocycles. The van der Waals surface area contributed by atoms with Crippen molar-refractivity contribution in [2.24, 2.45) is 0 Å². The molecule has 204 valence electrons. The monoisotopic (exact) mass is 560 g/mol. The van der Waals surface area contributed by atoms with E-state index in [0.717, 1.165) is 16.7 Å². The first-order chi connectivity index (χ1) is 19.8. The Morgan fingerprint density at radius 2 is 1.15 bits per heavy atom. The lowest BCUT2D eigenvalue weighted by molar-refractivity contribution is 0.0149. The molecule has 0 heterocycles. The quantitative estimate of drug-likeness (QED) is 0.138. The van der Waals surface area contributed by atoms with Crippen LogP contribution in [0.5, 0.6) is 0 Å². The van der Waals surface area contributed by atoms with Crippen molar-refractivity contribution in [3.63, 3.8) is 0 Å². The second-order valence-corrected chi connectivity index (χ2v) is 10.9. The van der Waals surface area contributed by atoms with E-state index in [1.807, 2.05) is 117 Å². The highest BCUT2D eigenvalue weighted by atomic mass is 32.2. The maximum Gasteiger partial charge on any atom is 0.650 e. The molecule has 0 spiro atoms. The van der Waals surface area contributed by atoms with Gasteiger partial charge >= 0.3 is 7.32 Å². The zero-order chi connectivity index (χ0) is 29.3. The Morgan fingerprint density at radius 3 is 1.54 bits per heavy atom. The molecule has 1 N–H and O–H groups in total. The smallest absolute Gasteiger partial charge is 0.401 e. The van der Waals surface area contributed by atoms with Gasteiger partial charge in [-0.1, -0.05) is 121 Å². The van der Waals surface area contributed by atoms with Crippen LogP contribution >= 0.6 is 0 Å². The van der Waals surface area contributed by atoms with Crippen molar-refractivity contribution in [3.8, 4) is 12.1 Å². The molecule has 0 aliphatic heterocycles. The maximum absolute atomic E-state index is 13.1. The van der Waals surface area contributed by atoms with Gasteiger partial charge in [-0.15, -0.1) is 0 Å². The van der Waals surface area contributed by atoms with E-state index < -0.39 is 29.4 Å². The summed E-state index contributed by atoms with van der Waals surface area (Å²) in [5.41, 5.74) is 1.37. The van der Waals surface area contributed by atoms with Crippen LogP contribution in [-0.4, -0.2) is 27.9 Å². The second kappa shape index (κ2) is 13.4. The number of benzene rings is 4. The van der Waals surface area contributed by atoms with E-state index in [1.165, 1.54) is 0 Å². The van der Waals surface area contributed by atoms with Crippen LogP contribution in [0.15, 0.2) is 127 Å². The molecule has 0 aliphatic rings. The summed E-state index contributed by atoms with van der Waals surface area (Å²) in [6, 6.07) is 42.0. The number of nitrogens with zero attached hydrogens (tertiary/aromatic N) is 2. The van der Waals surface area contributed by atoms with Gasteiger partial charge in [0.1, 0.15) is 28.8 Å². The van der Waals surface area contributed by atoms with Gasteiger partial charge in [0.05, 0.1) is 16.8 Å². The zero-order valence-electron chi connectivity index (χ0n) is 22.8. The summed E-state index contributed by atoms with van der Waals surface area (Å²) in [5.74, 6) is -0.289. The minimum Gasteiger partial charge on any atom is -0.401 e. The summed E-state index contributed by atoms with van der Waals surface area (Å²) < 4.78 is 24.8. The van der Waals surface area contributed by atoms with Gasteiger partial charge in [-0.05, 0) is 36.1 Å². The van der Waals surface area contributed by atoms with Crippen molar-refractivity contribution >= 4 is 24.0 Å². The van der Waals surface area contributed by atoms with Crippen molar-refractivity contribution < 1.29 is 18.0 Å². The molecule has 0 radical (unpaired) electrons. The van der Waals surface area contributed by atoms with Crippen LogP contribution in [0.2, 0.25) is 0 Å². The summed E-state index contributed by atoms with van der Waals surface area (Å²) in [4.78, 5) is 0. The van der Waals surface area contributed by atoms with E-state index in [0.29, 0.717) is 5.56 Å². The Morgan fingerprint density at radius 1 is 0.756 bits per heavy atom. The topological polar surface area (TPSA) is 103 Å². The van der Waals surface area contributed by atoms with Crippen LogP contribution in [-0.2, 0) is 25.3 Å². The molecule has 4 aromatic rings. The fourth-order valence-corrected chi connectivity index (χ4v) is 6.15. The molecular weight excluding hydrogens is 531 g/mol. The molecule has 0 bridgehead atoms. The van der Waals surface area contributed by atoms with Crippen molar-refractivity contribution in [1.82, 2.24) is 0 Å². The fraction of sp³-hybridized carbons (Fsp3) is 0.152. The highest BCUT2D eigenvalue weighted by molar-refractivity contribution is 7.81. The highest BCUT2D eigenvalue weighted by Gasteiger charge is 2.52. The Labute approximate surface area is 244 Å². The summed E-state index contributed by atoms with van der Waals surface area (Å²) in [7, 11) is -1.88. The molecule has 1 atom stereocenters. The van der Waals surface area contributed by atoms with Gasteiger partial charge in [0, 0.05) is 5.57 Å². The van der Waals surface area contributed by atoms with Gasteiger partial charge in [-0.2, -0.15) is 10.5 Å². The van der Waals surface area contributed by atoms with E-state index >= 15 is 0 Å². The Hall–Kier alpha value is -4.31. The van der Waals surface area contributed by atoms with Gasteiger partial charge in [0.15, 0.2) is 0 Å². The van der Waals surface area contributed by atoms with Gasteiger partial charge in [0.25, 0.3) is 0 Å². The summed E-state index contributed by atoms with van der Waals surface area (Å²) in [5, 5.41) is 30.0. The van der Waals surface area contributed by atoms with Crippen LogP contribution in [0.1, 0.15) is 36.1 Å². The van der Waals surface area contributed by atoms with Crippen LogP contribution in [0.25, 0.3) is 5.57 Å². The number of hydrogen-bond donors (Lipinski definition) is 1.